The number of aliphatic carboxylic acids is 2. The van der Waals surface area contributed by atoms with Gasteiger partial charge in [0.2, 0.25) is 0 Å². The Morgan fingerprint density at radius 3 is 2.33 bits per heavy atom. The van der Waals surface area contributed by atoms with Gasteiger partial charge in [-0.25, -0.2) is 0 Å². The van der Waals surface area contributed by atoms with Gasteiger partial charge in [-0.05, 0) is 25.8 Å². The Bertz CT molecular complexity index is 287. The van der Waals surface area contributed by atoms with E-state index in [2.05, 4.69) is 0 Å². The lowest BCUT2D eigenvalue weighted by molar-refractivity contribution is -0.148. The number of rotatable bonds is 7. The quantitative estimate of drug-likeness (QED) is 0.725. The predicted octanol–water partition coefficient (Wildman–Crippen LogP) is 1.67. The van der Waals surface area contributed by atoms with Crippen molar-refractivity contribution in [1.29, 1.82) is 0 Å². The summed E-state index contributed by atoms with van der Waals surface area (Å²) in [6.45, 7) is 1.20. The number of hydrogen-bond donors (Lipinski definition) is 2. The molecule has 0 amide bonds. The third-order valence-corrected chi connectivity index (χ3v) is 3.60. The molecule has 0 radical (unpaired) electrons. The Kier molecular flexibility index (Phi) is 6.12. The van der Waals surface area contributed by atoms with Crippen molar-refractivity contribution in [3.8, 4) is 0 Å². The number of hydrogen-bond acceptors (Lipinski definition) is 3. The molecule has 1 rings (SSSR count). The number of carboxylic acids is 2. The summed E-state index contributed by atoms with van der Waals surface area (Å²) < 4.78 is 0. The summed E-state index contributed by atoms with van der Waals surface area (Å²) in [6, 6.07) is 0. The predicted molar refractivity (Wildman–Crippen MR) is 67.5 cm³/mol. The second-order valence-electron chi connectivity index (χ2n) is 5.36. The minimum Gasteiger partial charge on any atom is -0.481 e. The summed E-state index contributed by atoms with van der Waals surface area (Å²) in [5.41, 5.74) is 0. The van der Waals surface area contributed by atoms with Gasteiger partial charge in [0.05, 0.1) is 12.3 Å². The van der Waals surface area contributed by atoms with Gasteiger partial charge in [-0.1, -0.05) is 19.3 Å². The first-order valence-electron chi connectivity index (χ1n) is 6.62. The fourth-order valence-electron chi connectivity index (χ4n) is 2.70. The molecule has 1 fully saturated rings. The van der Waals surface area contributed by atoms with Crippen LogP contribution in [-0.4, -0.2) is 47.2 Å². The number of carbonyl (C=O) groups is 2. The maximum atomic E-state index is 11.0. The summed E-state index contributed by atoms with van der Waals surface area (Å²) in [4.78, 5) is 23.5. The number of carboxylic acid groups (broad SMARTS) is 2. The van der Waals surface area contributed by atoms with Crippen LogP contribution in [0.4, 0.5) is 0 Å². The molecule has 5 nitrogen and oxygen atoms in total. The molecule has 1 aliphatic carbocycles. The van der Waals surface area contributed by atoms with Crippen LogP contribution in [0.2, 0.25) is 0 Å². The van der Waals surface area contributed by atoms with Gasteiger partial charge in [0, 0.05) is 13.1 Å². The second kappa shape index (κ2) is 7.36. The lowest BCUT2D eigenvalue weighted by atomic mass is 9.89. The van der Waals surface area contributed by atoms with Gasteiger partial charge in [0.1, 0.15) is 0 Å². The minimum absolute atomic E-state index is 0.301. The summed E-state index contributed by atoms with van der Waals surface area (Å²) in [5, 5.41) is 17.7. The first-order chi connectivity index (χ1) is 8.49. The highest BCUT2D eigenvalue weighted by Crippen LogP contribution is 2.24. The van der Waals surface area contributed by atoms with Crippen molar-refractivity contribution in [2.75, 3.05) is 20.1 Å². The lowest BCUT2D eigenvalue weighted by Gasteiger charge is -2.28. The van der Waals surface area contributed by atoms with Gasteiger partial charge in [-0.2, -0.15) is 0 Å². The number of nitrogens with zero attached hydrogens (tertiary/aromatic N) is 1. The molecule has 0 bridgehead atoms. The van der Waals surface area contributed by atoms with Gasteiger partial charge in [-0.15, -0.1) is 0 Å². The monoisotopic (exact) mass is 257 g/mol. The Labute approximate surface area is 108 Å². The van der Waals surface area contributed by atoms with E-state index in [1.807, 2.05) is 11.9 Å². The van der Waals surface area contributed by atoms with E-state index in [1.54, 1.807) is 0 Å². The Hall–Kier alpha value is -1.10. The highest BCUT2D eigenvalue weighted by molar-refractivity contribution is 5.77. The molecule has 0 saturated heterocycles. The molecule has 0 heterocycles. The topological polar surface area (TPSA) is 77.8 Å². The normalized spacial score (nSPS) is 18.8. The zero-order valence-electron chi connectivity index (χ0n) is 11.0. The lowest BCUT2D eigenvalue weighted by Crippen LogP contribution is -2.35. The van der Waals surface area contributed by atoms with Crippen molar-refractivity contribution in [3.63, 3.8) is 0 Å². The summed E-state index contributed by atoms with van der Waals surface area (Å²) >= 11 is 0. The van der Waals surface area contributed by atoms with Gasteiger partial charge < -0.3 is 15.1 Å². The van der Waals surface area contributed by atoms with Crippen LogP contribution in [0, 0.1) is 11.8 Å². The van der Waals surface area contributed by atoms with Crippen molar-refractivity contribution in [2.45, 2.75) is 38.5 Å². The van der Waals surface area contributed by atoms with Crippen molar-refractivity contribution in [1.82, 2.24) is 4.90 Å². The standard InChI is InChI=1S/C13H23NO4/c1-14(8-10-5-3-2-4-6-10)9-11(13(17)18)7-12(15)16/h10-11H,2-9H2,1H3,(H,15,16)(H,17,18). The van der Waals surface area contributed by atoms with E-state index < -0.39 is 17.9 Å². The van der Waals surface area contributed by atoms with Crippen molar-refractivity contribution < 1.29 is 19.8 Å². The molecule has 1 unspecified atom stereocenters. The highest BCUT2D eigenvalue weighted by Gasteiger charge is 2.24. The third-order valence-electron chi connectivity index (χ3n) is 3.60. The maximum absolute atomic E-state index is 11.0. The molecular formula is C13H23NO4. The first kappa shape index (κ1) is 15.0. The molecule has 0 aromatic carbocycles. The zero-order chi connectivity index (χ0) is 13.5. The molecule has 1 saturated carbocycles. The van der Waals surface area contributed by atoms with Crippen LogP contribution in [-0.2, 0) is 9.59 Å². The molecule has 1 atom stereocenters. The fraction of sp³-hybridized carbons (Fsp3) is 0.846. The van der Waals surface area contributed by atoms with Crippen LogP contribution >= 0.6 is 0 Å². The van der Waals surface area contributed by atoms with E-state index in [9.17, 15) is 9.59 Å². The summed E-state index contributed by atoms with van der Waals surface area (Å²) in [5.74, 6) is -2.24. The van der Waals surface area contributed by atoms with E-state index in [4.69, 9.17) is 10.2 Å². The SMILES string of the molecule is CN(CC1CCCCC1)CC(CC(=O)O)C(=O)O. The van der Waals surface area contributed by atoms with Crippen LogP contribution < -0.4 is 0 Å². The Morgan fingerprint density at radius 1 is 1.22 bits per heavy atom. The van der Waals surface area contributed by atoms with E-state index in [-0.39, 0.29) is 6.42 Å². The van der Waals surface area contributed by atoms with Crippen molar-refractivity contribution >= 4 is 11.9 Å². The largest absolute Gasteiger partial charge is 0.481 e. The van der Waals surface area contributed by atoms with Gasteiger partial charge in [0.25, 0.3) is 0 Å². The van der Waals surface area contributed by atoms with Crippen LogP contribution in [0.15, 0.2) is 0 Å². The molecular weight excluding hydrogens is 234 g/mol. The van der Waals surface area contributed by atoms with Gasteiger partial charge in [0.15, 0.2) is 0 Å². The fourth-order valence-corrected chi connectivity index (χ4v) is 2.70. The molecule has 18 heavy (non-hydrogen) atoms. The average Bonchev–Trinajstić information content (AvgIpc) is 2.28. The highest BCUT2D eigenvalue weighted by atomic mass is 16.4. The maximum Gasteiger partial charge on any atom is 0.308 e. The molecule has 0 aromatic rings. The summed E-state index contributed by atoms with van der Waals surface area (Å²) in [6.07, 6.45) is 5.94. The average molecular weight is 257 g/mol. The summed E-state index contributed by atoms with van der Waals surface area (Å²) in [7, 11) is 1.88. The van der Waals surface area contributed by atoms with E-state index in [0.717, 1.165) is 6.54 Å². The zero-order valence-corrected chi connectivity index (χ0v) is 11.0. The molecule has 0 spiro atoms. The Morgan fingerprint density at radius 2 is 1.83 bits per heavy atom. The molecule has 104 valence electrons. The van der Waals surface area contributed by atoms with Crippen LogP contribution in [0.3, 0.4) is 0 Å². The molecule has 0 aliphatic heterocycles. The third kappa shape index (κ3) is 5.49. The van der Waals surface area contributed by atoms with Crippen molar-refractivity contribution in [3.05, 3.63) is 0 Å². The van der Waals surface area contributed by atoms with E-state index >= 15 is 0 Å². The van der Waals surface area contributed by atoms with Crippen LogP contribution in [0.5, 0.6) is 0 Å². The van der Waals surface area contributed by atoms with Crippen LogP contribution in [0.25, 0.3) is 0 Å². The van der Waals surface area contributed by atoms with Crippen LogP contribution in [0.1, 0.15) is 38.5 Å². The van der Waals surface area contributed by atoms with Gasteiger partial charge in [-0.3, -0.25) is 9.59 Å². The molecule has 2 N–H and O–H groups in total. The first-order valence-corrected chi connectivity index (χ1v) is 6.62. The molecule has 1 aliphatic rings. The van der Waals surface area contributed by atoms with E-state index in [0.29, 0.717) is 12.5 Å². The molecule has 5 heteroatoms. The van der Waals surface area contributed by atoms with E-state index in [1.165, 1.54) is 32.1 Å². The van der Waals surface area contributed by atoms with Gasteiger partial charge >= 0.3 is 11.9 Å². The second-order valence-corrected chi connectivity index (χ2v) is 5.36. The van der Waals surface area contributed by atoms with Crippen molar-refractivity contribution in [2.24, 2.45) is 11.8 Å². The minimum atomic E-state index is -1.05. The Balaban J connectivity index is 2.37. The smallest absolute Gasteiger partial charge is 0.308 e. The molecule has 0 aromatic heterocycles.